The maximum Gasteiger partial charge on any atom is 0.407 e. The molecule has 0 aromatic heterocycles. The maximum atomic E-state index is 10.9. The Morgan fingerprint density at radius 1 is 1.58 bits per heavy atom. The third-order valence-corrected chi connectivity index (χ3v) is 2.83. The fourth-order valence-corrected chi connectivity index (χ4v) is 1.92. The Balaban J connectivity index is 2.10. The molecule has 1 atom stereocenters. The predicted molar refractivity (Wildman–Crippen MR) is 67.2 cm³/mol. The first-order valence-electron chi connectivity index (χ1n) is 5.54. The fourth-order valence-electron chi connectivity index (χ4n) is 1.65. The van der Waals surface area contributed by atoms with Crippen molar-refractivity contribution in [2.75, 3.05) is 20.3 Å². The number of rotatable bonds is 5. The molecule has 1 aliphatic rings. The number of halogens is 1. The molecular formula is C12H12ClNO5. The highest BCUT2D eigenvalue weighted by atomic mass is 35.5. The van der Waals surface area contributed by atoms with E-state index in [1.807, 2.05) is 0 Å². The molecule has 1 heterocycles. The first-order valence-corrected chi connectivity index (χ1v) is 5.92. The van der Waals surface area contributed by atoms with Crippen LogP contribution in [0.1, 0.15) is 10.4 Å². The summed E-state index contributed by atoms with van der Waals surface area (Å²) >= 11 is 6.02. The van der Waals surface area contributed by atoms with E-state index in [-0.39, 0.29) is 17.7 Å². The Bertz CT molecular complexity index is 505. The van der Waals surface area contributed by atoms with Crippen molar-refractivity contribution in [3.63, 3.8) is 0 Å². The number of alkyl carbamates (subject to hydrolysis) is 1. The smallest absolute Gasteiger partial charge is 0.407 e. The average Bonchev–Trinajstić information content (AvgIpc) is 2.82. The summed E-state index contributed by atoms with van der Waals surface area (Å²) in [6.07, 6.45) is -0.178. The summed E-state index contributed by atoms with van der Waals surface area (Å²) in [5.74, 6) is 0.671. The van der Waals surface area contributed by atoms with Crippen LogP contribution in [0.2, 0.25) is 5.02 Å². The summed E-state index contributed by atoms with van der Waals surface area (Å²) in [5, 5.41) is 2.78. The number of ether oxygens (including phenoxy) is 3. The Morgan fingerprint density at radius 2 is 2.37 bits per heavy atom. The van der Waals surface area contributed by atoms with Gasteiger partial charge in [-0.25, -0.2) is 4.79 Å². The lowest BCUT2D eigenvalue weighted by Crippen LogP contribution is -2.22. The number of nitrogens with one attached hydrogen (secondary N) is 1. The molecular weight excluding hydrogens is 274 g/mol. The molecule has 102 valence electrons. The summed E-state index contributed by atoms with van der Waals surface area (Å²) in [6.45, 7) is 0.528. The van der Waals surface area contributed by atoms with E-state index < -0.39 is 6.09 Å². The Labute approximate surface area is 114 Å². The lowest BCUT2D eigenvalue weighted by Gasteiger charge is -2.14. The molecule has 0 saturated carbocycles. The highest BCUT2D eigenvalue weighted by molar-refractivity contribution is 6.32. The summed E-state index contributed by atoms with van der Waals surface area (Å²) in [6, 6.07) is 3.00. The molecule has 1 saturated heterocycles. The van der Waals surface area contributed by atoms with Crippen LogP contribution in [0.5, 0.6) is 11.5 Å². The lowest BCUT2D eigenvalue weighted by molar-refractivity contribution is 0.103. The summed E-state index contributed by atoms with van der Waals surface area (Å²) in [4.78, 5) is 21.6. The Kier molecular flexibility index (Phi) is 4.11. The van der Waals surface area contributed by atoms with Crippen molar-refractivity contribution in [3.05, 3.63) is 22.7 Å². The second kappa shape index (κ2) is 5.79. The van der Waals surface area contributed by atoms with Gasteiger partial charge in [0.2, 0.25) is 0 Å². The zero-order valence-corrected chi connectivity index (χ0v) is 10.9. The van der Waals surface area contributed by atoms with Crippen molar-refractivity contribution >= 4 is 24.0 Å². The Morgan fingerprint density at radius 3 is 2.95 bits per heavy atom. The number of amides is 1. The van der Waals surface area contributed by atoms with E-state index in [1.165, 1.54) is 19.2 Å². The van der Waals surface area contributed by atoms with Gasteiger partial charge in [0.05, 0.1) is 18.7 Å². The second-order valence-corrected chi connectivity index (χ2v) is 4.28. The quantitative estimate of drug-likeness (QED) is 0.833. The lowest BCUT2D eigenvalue weighted by atomic mass is 10.2. The molecule has 1 aromatic carbocycles. The van der Waals surface area contributed by atoms with E-state index in [0.717, 1.165) is 0 Å². The number of methoxy groups -OCH3 is 1. The molecule has 0 spiro atoms. The van der Waals surface area contributed by atoms with Crippen molar-refractivity contribution in [2.45, 2.75) is 6.10 Å². The van der Waals surface area contributed by atoms with Gasteiger partial charge in [-0.15, -0.1) is 0 Å². The van der Waals surface area contributed by atoms with E-state index in [1.54, 1.807) is 0 Å². The maximum absolute atomic E-state index is 10.9. The van der Waals surface area contributed by atoms with Crippen molar-refractivity contribution in [2.24, 2.45) is 0 Å². The van der Waals surface area contributed by atoms with Crippen LogP contribution in [-0.4, -0.2) is 38.7 Å². The predicted octanol–water partition coefficient (Wildman–Crippen LogP) is 1.65. The first kappa shape index (κ1) is 13.5. The SMILES string of the molecule is COc1cc(C=O)cc(Cl)c1OCC1CNC(=O)O1. The standard InChI is InChI=1S/C12H12ClNO5/c1-17-10-3-7(5-15)2-9(13)11(10)18-6-8-4-14-12(16)19-8/h2-3,5,8H,4,6H2,1H3,(H,14,16). The van der Waals surface area contributed by atoms with Crippen molar-refractivity contribution in [1.29, 1.82) is 0 Å². The zero-order valence-electron chi connectivity index (χ0n) is 10.1. The molecule has 0 aliphatic carbocycles. The highest BCUT2D eigenvalue weighted by Gasteiger charge is 2.24. The van der Waals surface area contributed by atoms with Crippen LogP contribution in [0.4, 0.5) is 4.79 Å². The van der Waals surface area contributed by atoms with E-state index >= 15 is 0 Å². The molecule has 1 amide bonds. The topological polar surface area (TPSA) is 73.9 Å². The van der Waals surface area contributed by atoms with Gasteiger partial charge in [-0.05, 0) is 12.1 Å². The van der Waals surface area contributed by atoms with Crippen LogP contribution >= 0.6 is 11.6 Å². The number of carbonyl (C=O) groups excluding carboxylic acids is 2. The minimum Gasteiger partial charge on any atom is -0.493 e. The third kappa shape index (κ3) is 3.08. The zero-order chi connectivity index (χ0) is 13.8. The van der Waals surface area contributed by atoms with Gasteiger partial charge in [0.15, 0.2) is 17.6 Å². The first-order chi connectivity index (χ1) is 9.13. The van der Waals surface area contributed by atoms with Gasteiger partial charge in [0.25, 0.3) is 0 Å². The van der Waals surface area contributed by atoms with Gasteiger partial charge in [0, 0.05) is 5.56 Å². The van der Waals surface area contributed by atoms with Crippen molar-refractivity contribution in [3.8, 4) is 11.5 Å². The largest absolute Gasteiger partial charge is 0.493 e. The molecule has 1 aliphatic heterocycles. The number of benzene rings is 1. The molecule has 1 unspecified atom stereocenters. The molecule has 19 heavy (non-hydrogen) atoms. The molecule has 0 bridgehead atoms. The third-order valence-electron chi connectivity index (χ3n) is 2.55. The second-order valence-electron chi connectivity index (χ2n) is 3.87. The van der Waals surface area contributed by atoms with Gasteiger partial charge in [-0.1, -0.05) is 11.6 Å². The fraction of sp³-hybridized carbons (Fsp3) is 0.333. The van der Waals surface area contributed by atoms with Crippen LogP contribution in [0.3, 0.4) is 0 Å². The number of cyclic esters (lactones) is 1. The van der Waals surface area contributed by atoms with E-state index in [0.29, 0.717) is 29.9 Å². The molecule has 1 fully saturated rings. The van der Waals surface area contributed by atoms with Gasteiger partial charge < -0.3 is 19.5 Å². The molecule has 1 aromatic rings. The van der Waals surface area contributed by atoms with Crippen molar-refractivity contribution in [1.82, 2.24) is 5.32 Å². The molecule has 6 nitrogen and oxygen atoms in total. The monoisotopic (exact) mass is 285 g/mol. The van der Waals surface area contributed by atoms with Crippen LogP contribution in [0.25, 0.3) is 0 Å². The normalized spacial score (nSPS) is 17.6. The summed E-state index contributed by atoms with van der Waals surface area (Å²) in [5.41, 5.74) is 0.392. The van der Waals surface area contributed by atoms with Crippen LogP contribution in [0.15, 0.2) is 12.1 Å². The number of hydrogen-bond donors (Lipinski definition) is 1. The van der Waals surface area contributed by atoms with Gasteiger partial charge in [0.1, 0.15) is 12.9 Å². The number of hydrogen-bond acceptors (Lipinski definition) is 5. The van der Waals surface area contributed by atoms with Crippen LogP contribution < -0.4 is 14.8 Å². The molecule has 1 N–H and O–H groups in total. The number of carbonyl (C=O) groups is 2. The number of aldehydes is 1. The van der Waals surface area contributed by atoms with Gasteiger partial charge in [-0.2, -0.15) is 0 Å². The van der Waals surface area contributed by atoms with E-state index in [9.17, 15) is 9.59 Å². The summed E-state index contributed by atoms with van der Waals surface area (Å²) in [7, 11) is 1.45. The molecule has 0 radical (unpaired) electrons. The van der Waals surface area contributed by atoms with Crippen molar-refractivity contribution < 1.29 is 23.8 Å². The van der Waals surface area contributed by atoms with Gasteiger partial charge in [-0.3, -0.25) is 4.79 Å². The molecule has 2 rings (SSSR count). The summed E-state index contributed by atoms with van der Waals surface area (Å²) < 4.78 is 15.5. The highest BCUT2D eigenvalue weighted by Crippen LogP contribution is 2.36. The van der Waals surface area contributed by atoms with Crippen LogP contribution in [-0.2, 0) is 4.74 Å². The minimum absolute atomic E-state index is 0.148. The Hall–Kier alpha value is -1.95. The minimum atomic E-state index is -0.469. The van der Waals surface area contributed by atoms with Crippen LogP contribution in [0, 0.1) is 0 Å². The van der Waals surface area contributed by atoms with Gasteiger partial charge >= 0.3 is 6.09 Å². The average molecular weight is 286 g/mol. The van der Waals surface area contributed by atoms with E-state index in [4.69, 9.17) is 25.8 Å². The molecule has 7 heteroatoms. The van der Waals surface area contributed by atoms with E-state index in [2.05, 4.69) is 5.32 Å².